The molecule has 0 heterocycles. The third-order valence-corrected chi connectivity index (χ3v) is 7.40. The maximum Gasteiger partial charge on any atom is 0.261 e. The fraction of sp³-hybridized carbons (Fsp3) is 0.394. The number of hydrogen-bond donors (Lipinski definition) is 1. The zero-order chi connectivity index (χ0) is 27.6. The van der Waals surface area contributed by atoms with E-state index < -0.39 is 6.04 Å². The van der Waals surface area contributed by atoms with E-state index in [2.05, 4.69) is 19.2 Å². The summed E-state index contributed by atoms with van der Waals surface area (Å²) < 4.78 is 19.5. The predicted molar refractivity (Wildman–Crippen MR) is 152 cm³/mol. The van der Waals surface area contributed by atoms with Gasteiger partial charge >= 0.3 is 0 Å². The molecule has 1 aliphatic rings. The maximum atomic E-state index is 13.8. The zero-order valence-corrected chi connectivity index (χ0v) is 22.9. The third kappa shape index (κ3) is 8.41. The summed E-state index contributed by atoms with van der Waals surface area (Å²) in [6.45, 7) is 4.21. The quantitative estimate of drug-likeness (QED) is 0.311. The van der Waals surface area contributed by atoms with Gasteiger partial charge in [-0.1, -0.05) is 87.7 Å². The molecule has 3 aromatic carbocycles. The Balaban J connectivity index is 1.58. The minimum Gasteiger partial charge on any atom is -0.484 e. The first-order valence-corrected chi connectivity index (χ1v) is 14.0. The molecule has 0 radical (unpaired) electrons. The van der Waals surface area contributed by atoms with Crippen molar-refractivity contribution in [1.82, 2.24) is 10.2 Å². The molecule has 39 heavy (non-hydrogen) atoms. The summed E-state index contributed by atoms with van der Waals surface area (Å²) in [4.78, 5) is 29.1. The summed E-state index contributed by atoms with van der Waals surface area (Å²) in [5.41, 5.74) is 2.90. The van der Waals surface area contributed by atoms with Gasteiger partial charge in [-0.05, 0) is 59.7 Å². The smallest absolute Gasteiger partial charge is 0.261 e. The van der Waals surface area contributed by atoms with E-state index in [1.54, 1.807) is 17.0 Å². The topological polar surface area (TPSA) is 58.6 Å². The van der Waals surface area contributed by atoms with Crippen LogP contribution in [-0.4, -0.2) is 35.4 Å². The van der Waals surface area contributed by atoms with Gasteiger partial charge in [-0.3, -0.25) is 9.59 Å². The van der Waals surface area contributed by atoms with Gasteiger partial charge < -0.3 is 15.0 Å². The van der Waals surface area contributed by atoms with Crippen LogP contribution in [0, 0.1) is 5.82 Å². The van der Waals surface area contributed by atoms with Crippen molar-refractivity contribution in [3.63, 3.8) is 0 Å². The van der Waals surface area contributed by atoms with Crippen LogP contribution >= 0.6 is 0 Å². The SMILES string of the molecule is CC(C)c1ccc(OCC(=O)N(Cc2ccc(F)cc2)[C@@H](Cc2ccccc2)C(=O)NC2CCCCC2)cc1. The summed E-state index contributed by atoms with van der Waals surface area (Å²) in [6, 6.07) is 22.9. The van der Waals surface area contributed by atoms with E-state index in [-0.39, 0.29) is 36.8 Å². The molecule has 0 aromatic heterocycles. The molecule has 1 fully saturated rings. The molecule has 1 aliphatic carbocycles. The van der Waals surface area contributed by atoms with Crippen molar-refractivity contribution in [2.24, 2.45) is 0 Å². The normalized spacial score (nSPS) is 14.6. The van der Waals surface area contributed by atoms with Gasteiger partial charge in [-0.15, -0.1) is 0 Å². The molecule has 5 nitrogen and oxygen atoms in total. The number of carbonyl (C=O) groups excluding carboxylic acids is 2. The van der Waals surface area contributed by atoms with Gasteiger partial charge in [0.25, 0.3) is 5.91 Å². The van der Waals surface area contributed by atoms with Gasteiger partial charge in [0.05, 0.1) is 0 Å². The Hall–Kier alpha value is -3.67. The van der Waals surface area contributed by atoms with Crippen LogP contribution < -0.4 is 10.1 Å². The lowest BCUT2D eigenvalue weighted by molar-refractivity contribution is -0.143. The molecule has 0 spiro atoms. The largest absolute Gasteiger partial charge is 0.484 e. The summed E-state index contributed by atoms with van der Waals surface area (Å²) in [6.07, 6.45) is 5.64. The van der Waals surface area contributed by atoms with E-state index in [0.717, 1.165) is 36.8 Å². The number of benzene rings is 3. The van der Waals surface area contributed by atoms with Crippen LogP contribution in [0.5, 0.6) is 5.75 Å². The van der Waals surface area contributed by atoms with Gasteiger partial charge in [-0.2, -0.15) is 0 Å². The monoisotopic (exact) mass is 530 g/mol. The summed E-state index contributed by atoms with van der Waals surface area (Å²) in [5, 5.41) is 3.23. The highest BCUT2D eigenvalue weighted by molar-refractivity contribution is 5.88. The number of nitrogens with one attached hydrogen (secondary N) is 1. The lowest BCUT2D eigenvalue weighted by atomic mass is 9.94. The molecule has 0 bridgehead atoms. The Bertz CT molecular complexity index is 1190. The molecule has 1 saturated carbocycles. The molecule has 206 valence electrons. The van der Waals surface area contributed by atoms with E-state index >= 15 is 0 Å². The van der Waals surface area contributed by atoms with Crippen molar-refractivity contribution in [3.8, 4) is 5.75 Å². The van der Waals surface area contributed by atoms with Crippen molar-refractivity contribution in [3.05, 3.63) is 101 Å². The minimum absolute atomic E-state index is 0.114. The van der Waals surface area contributed by atoms with Crippen LogP contribution in [-0.2, 0) is 22.6 Å². The van der Waals surface area contributed by atoms with Gasteiger partial charge in [0.15, 0.2) is 6.61 Å². The molecule has 4 rings (SSSR count). The Labute approximate surface area is 231 Å². The average Bonchev–Trinajstić information content (AvgIpc) is 2.96. The van der Waals surface area contributed by atoms with Crippen LogP contribution in [0.15, 0.2) is 78.9 Å². The Kier molecular flexibility index (Phi) is 10.1. The van der Waals surface area contributed by atoms with E-state index in [4.69, 9.17) is 4.74 Å². The number of ether oxygens (including phenoxy) is 1. The first kappa shape index (κ1) is 28.3. The highest BCUT2D eigenvalue weighted by Crippen LogP contribution is 2.21. The lowest BCUT2D eigenvalue weighted by Gasteiger charge is -2.33. The van der Waals surface area contributed by atoms with Gasteiger partial charge in [0.2, 0.25) is 5.91 Å². The standard InChI is InChI=1S/C33H39FN2O3/c1-24(2)27-15-19-30(20-16-27)39-23-32(37)36(22-26-13-17-28(34)18-14-26)31(21-25-9-5-3-6-10-25)33(38)35-29-11-7-4-8-12-29/h3,5-6,9-10,13-20,24,29,31H,4,7-8,11-12,21-23H2,1-2H3,(H,35,38)/t31-/m0/s1. The van der Waals surface area contributed by atoms with Crippen LogP contribution in [0.1, 0.15) is 68.6 Å². The van der Waals surface area contributed by atoms with E-state index in [1.807, 2.05) is 54.6 Å². The second-order valence-corrected chi connectivity index (χ2v) is 10.7. The number of hydrogen-bond acceptors (Lipinski definition) is 3. The van der Waals surface area contributed by atoms with E-state index in [0.29, 0.717) is 18.1 Å². The van der Waals surface area contributed by atoms with E-state index in [9.17, 15) is 14.0 Å². The van der Waals surface area contributed by atoms with Crippen molar-refractivity contribution in [2.75, 3.05) is 6.61 Å². The van der Waals surface area contributed by atoms with Crippen molar-refractivity contribution < 1.29 is 18.7 Å². The molecular weight excluding hydrogens is 491 g/mol. The van der Waals surface area contributed by atoms with Crippen molar-refractivity contribution in [1.29, 1.82) is 0 Å². The number of carbonyl (C=O) groups is 2. The van der Waals surface area contributed by atoms with Crippen LogP contribution in [0.2, 0.25) is 0 Å². The number of nitrogens with zero attached hydrogens (tertiary/aromatic N) is 1. The molecule has 3 aromatic rings. The van der Waals surface area contributed by atoms with Gasteiger partial charge in [-0.25, -0.2) is 4.39 Å². The fourth-order valence-corrected chi connectivity index (χ4v) is 5.06. The highest BCUT2D eigenvalue weighted by atomic mass is 19.1. The van der Waals surface area contributed by atoms with E-state index in [1.165, 1.54) is 24.1 Å². The minimum atomic E-state index is -0.737. The van der Waals surface area contributed by atoms with Crippen molar-refractivity contribution in [2.45, 2.75) is 76.9 Å². The number of rotatable bonds is 11. The third-order valence-electron chi connectivity index (χ3n) is 7.40. The highest BCUT2D eigenvalue weighted by Gasteiger charge is 2.32. The molecule has 0 saturated heterocycles. The Morgan fingerprint density at radius 2 is 1.56 bits per heavy atom. The molecular formula is C33H39FN2O3. The second kappa shape index (κ2) is 13.9. The fourth-order valence-electron chi connectivity index (χ4n) is 5.06. The van der Waals surface area contributed by atoms with Gasteiger partial charge in [0.1, 0.15) is 17.6 Å². The van der Waals surface area contributed by atoms with Crippen molar-refractivity contribution >= 4 is 11.8 Å². The van der Waals surface area contributed by atoms with Crippen LogP contribution in [0.3, 0.4) is 0 Å². The summed E-state index contributed by atoms with van der Waals surface area (Å²) >= 11 is 0. The van der Waals surface area contributed by atoms with Crippen LogP contribution in [0.4, 0.5) is 4.39 Å². The molecule has 1 N–H and O–H groups in total. The first-order valence-electron chi connectivity index (χ1n) is 14.0. The first-order chi connectivity index (χ1) is 18.9. The molecule has 0 unspecified atom stereocenters. The maximum absolute atomic E-state index is 13.8. The zero-order valence-electron chi connectivity index (χ0n) is 22.9. The predicted octanol–water partition coefficient (Wildman–Crippen LogP) is 6.42. The molecule has 6 heteroatoms. The van der Waals surface area contributed by atoms with Crippen LogP contribution in [0.25, 0.3) is 0 Å². The molecule has 0 aliphatic heterocycles. The average molecular weight is 531 g/mol. The molecule has 2 amide bonds. The Morgan fingerprint density at radius 3 is 2.21 bits per heavy atom. The number of amides is 2. The second-order valence-electron chi connectivity index (χ2n) is 10.7. The Morgan fingerprint density at radius 1 is 0.897 bits per heavy atom. The summed E-state index contributed by atoms with van der Waals surface area (Å²) in [7, 11) is 0. The number of halogens is 1. The van der Waals surface area contributed by atoms with Gasteiger partial charge in [0, 0.05) is 19.0 Å². The summed E-state index contributed by atoms with van der Waals surface area (Å²) in [5.74, 6) is 0.184. The lowest BCUT2D eigenvalue weighted by Crippen LogP contribution is -2.53. The molecule has 1 atom stereocenters.